The Morgan fingerprint density at radius 1 is 1.02 bits per heavy atom. The molecule has 1 aliphatic rings. The minimum absolute atomic E-state index is 0.0362. The molecule has 0 spiro atoms. The predicted octanol–water partition coefficient (Wildman–Crippen LogP) is 6.39. The summed E-state index contributed by atoms with van der Waals surface area (Å²) < 4.78 is 29.0. The Labute approximate surface area is 248 Å². The highest BCUT2D eigenvalue weighted by molar-refractivity contribution is 7.09. The van der Waals surface area contributed by atoms with Crippen molar-refractivity contribution in [2.24, 2.45) is 0 Å². The maximum atomic E-state index is 14.5. The molecule has 1 fully saturated rings. The number of halogens is 1. The predicted molar refractivity (Wildman–Crippen MR) is 162 cm³/mol. The average Bonchev–Trinajstić information content (AvgIpc) is 3.66. The molecule has 218 valence electrons. The molecule has 3 aromatic carbocycles. The summed E-state index contributed by atoms with van der Waals surface area (Å²) >= 11 is 0.945. The third-order valence-electron chi connectivity index (χ3n) is 7.32. The fraction of sp³-hybridized carbons (Fsp3) is 0.281. The van der Waals surface area contributed by atoms with E-state index in [4.69, 9.17) is 15.2 Å². The Kier molecular flexibility index (Phi) is 9.02. The van der Waals surface area contributed by atoms with Gasteiger partial charge in [0.15, 0.2) is 0 Å². The van der Waals surface area contributed by atoms with Gasteiger partial charge in [-0.25, -0.2) is 4.39 Å². The molecule has 1 heterocycles. The summed E-state index contributed by atoms with van der Waals surface area (Å²) in [5, 5.41) is 3.18. The normalized spacial score (nSPS) is 13.9. The summed E-state index contributed by atoms with van der Waals surface area (Å²) in [6.45, 7) is 2.38. The van der Waals surface area contributed by atoms with Crippen molar-refractivity contribution in [2.75, 3.05) is 24.4 Å². The van der Waals surface area contributed by atoms with Crippen LogP contribution in [-0.4, -0.2) is 35.9 Å². The molecule has 3 N–H and O–H groups in total. The van der Waals surface area contributed by atoms with Crippen LogP contribution in [0.3, 0.4) is 0 Å². The first-order chi connectivity index (χ1) is 20.4. The van der Waals surface area contributed by atoms with Crippen LogP contribution in [0.1, 0.15) is 53.9 Å². The van der Waals surface area contributed by atoms with E-state index in [9.17, 15) is 14.0 Å². The number of nitrogens with one attached hydrogen (secondary N) is 1. The van der Waals surface area contributed by atoms with Crippen molar-refractivity contribution in [3.8, 4) is 22.8 Å². The second-order valence-corrected chi connectivity index (χ2v) is 10.8. The molecule has 1 saturated carbocycles. The van der Waals surface area contributed by atoms with E-state index < -0.39 is 11.9 Å². The standard InChI is InChI=1S/C32H33FN4O4S/c1-3-41-26-18-14-24(15-19-26)37(32(39)30-27(34)28(36-42-30)20-8-12-22(33)13-9-20)29(21-10-16-25(40-2)17-11-21)31(38)35-23-6-4-5-7-23/h8-19,23,29H,3-7,34H2,1-2H3,(H,35,38). The molecule has 1 aliphatic carbocycles. The second kappa shape index (κ2) is 13.0. The summed E-state index contributed by atoms with van der Waals surface area (Å²) in [5.41, 5.74) is 8.73. The van der Waals surface area contributed by atoms with E-state index in [1.807, 2.05) is 6.92 Å². The van der Waals surface area contributed by atoms with Crippen LogP contribution >= 0.6 is 11.5 Å². The molecular formula is C32H33FN4O4S. The number of aromatic nitrogens is 1. The van der Waals surface area contributed by atoms with Crippen molar-refractivity contribution in [1.29, 1.82) is 0 Å². The summed E-state index contributed by atoms with van der Waals surface area (Å²) in [6, 6.07) is 18.9. The van der Waals surface area contributed by atoms with E-state index in [0.717, 1.165) is 37.2 Å². The molecule has 8 nitrogen and oxygen atoms in total. The Morgan fingerprint density at radius 3 is 2.29 bits per heavy atom. The van der Waals surface area contributed by atoms with Gasteiger partial charge in [0.1, 0.15) is 33.9 Å². The third kappa shape index (κ3) is 6.23. The number of benzene rings is 3. The lowest BCUT2D eigenvalue weighted by atomic mass is 10.0. The number of rotatable bonds is 10. The highest BCUT2D eigenvalue weighted by Crippen LogP contribution is 2.37. The summed E-state index contributed by atoms with van der Waals surface area (Å²) in [6.07, 6.45) is 3.87. The van der Waals surface area contributed by atoms with Gasteiger partial charge in [0.25, 0.3) is 5.91 Å². The van der Waals surface area contributed by atoms with Gasteiger partial charge >= 0.3 is 0 Å². The minimum Gasteiger partial charge on any atom is -0.497 e. The molecule has 0 saturated heterocycles. The Balaban J connectivity index is 1.61. The van der Waals surface area contributed by atoms with E-state index in [1.165, 1.54) is 17.0 Å². The molecule has 1 unspecified atom stereocenters. The van der Waals surface area contributed by atoms with E-state index in [-0.39, 0.29) is 28.3 Å². The van der Waals surface area contributed by atoms with Crippen molar-refractivity contribution < 1.29 is 23.5 Å². The molecular weight excluding hydrogens is 555 g/mol. The fourth-order valence-electron chi connectivity index (χ4n) is 5.18. The molecule has 4 aromatic rings. The molecule has 2 amide bonds. The van der Waals surface area contributed by atoms with E-state index >= 15 is 0 Å². The van der Waals surface area contributed by atoms with Gasteiger partial charge < -0.3 is 20.5 Å². The highest BCUT2D eigenvalue weighted by Gasteiger charge is 2.37. The van der Waals surface area contributed by atoms with Crippen molar-refractivity contribution in [3.05, 3.63) is 89.1 Å². The van der Waals surface area contributed by atoms with Gasteiger partial charge in [-0.05, 0) is 97.5 Å². The van der Waals surface area contributed by atoms with Crippen LogP contribution in [0.15, 0.2) is 72.8 Å². The molecule has 0 radical (unpaired) electrons. The zero-order valence-corrected chi connectivity index (χ0v) is 24.3. The molecule has 0 aliphatic heterocycles. The lowest BCUT2D eigenvalue weighted by Crippen LogP contribution is -2.46. The Bertz CT molecular complexity index is 1520. The molecule has 1 atom stereocenters. The summed E-state index contributed by atoms with van der Waals surface area (Å²) in [7, 11) is 1.57. The van der Waals surface area contributed by atoms with Crippen molar-refractivity contribution in [1.82, 2.24) is 9.69 Å². The van der Waals surface area contributed by atoms with Gasteiger partial charge in [-0.3, -0.25) is 14.5 Å². The molecule has 5 rings (SSSR count). The van der Waals surface area contributed by atoms with Gasteiger partial charge in [0, 0.05) is 17.3 Å². The van der Waals surface area contributed by atoms with Crippen molar-refractivity contribution in [3.63, 3.8) is 0 Å². The summed E-state index contributed by atoms with van der Waals surface area (Å²) in [5.74, 6) is 0.103. The lowest BCUT2D eigenvalue weighted by Gasteiger charge is -2.32. The highest BCUT2D eigenvalue weighted by atomic mass is 32.1. The largest absolute Gasteiger partial charge is 0.497 e. The van der Waals surface area contributed by atoms with E-state index in [2.05, 4.69) is 9.69 Å². The first-order valence-corrected chi connectivity index (χ1v) is 14.7. The van der Waals surface area contributed by atoms with Crippen LogP contribution in [-0.2, 0) is 4.79 Å². The van der Waals surface area contributed by atoms with Crippen molar-refractivity contribution >= 4 is 34.7 Å². The smallest absolute Gasteiger partial charge is 0.273 e. The van der Waals surface area contributed by atoms with Gasteiger partial charge in [-0.1, -0.05) is 25.0 Å². The van der Waals surface area contributed by atoms with Crippen LogP contribution < -0.4 is 25.4 Å². The number of hydrogen-bond acceptors (Lipinski definition) is 7. The second-order valence-electron chi connectivity index (χ2n) is 10.0. The van der Waals surface area contributed by atoms with Crippen LogP contribution in [0, 0.1) is 5.82 Å². The Morgan fingerprint density at radius 2 is 1.67 bits per heavy atom. The number of carbonyl (C=O) groups excluding carboxylic acids is 2. The van der Waals surface area contributed by atoms with Gasteiger partial charge in [0.05, 0.1) is 19.4 Å². The van der Waals surface area contributed by atoms with Crippen molar-refractivity contribution in [2.45, 2.75) is 44.7 Å². The average molecular weight is 589 g/mol. The quantitative estimate of drug-likeness (QED) is 0.223. The van der Waals surface area contributed by atoms with Gasteiger partial charge in [0.2, 0.25) is 5.91 Å². The molecule has 1 aromatic heterocycles. The molecule has 42 heavy (non-hydrogen) atoms. The third-order valence-corrected chi connectivity index (χ3v) is 8.18. The number of hydrogen-bond donors (Lipinski definition) is 2. The fourth-order valence-corrected chi connectivity index (χ4v) is 5.94. The topological polar surface area (TPSA) is 107 Å². The zero-order chi connectivity index (χ0) is 29.6. The maximum Gasteiger partial charge on any atom is 0.273 e. The minimum atomic E-state index is -1.02. The number of nitrogens with two attached hydrogens (primary N) is 1. The number of ether oxygens (including phenoxy) is 2. The number of anilines is 2. The number of amides is 2. The maximum absolute atomic E-state index is 14.5. The number of nitrogens with zero attached hydrogens (tertiary/aromatic N) is 2. The van der Waals surface area contributed by atoms with E-state index in [0.29, 0.717) is 40.6 Å². The lowest BCUT2D eigenvalue weighted by molar-refractivity contribution is -0.123. The number of nitrogen functional groups attached to an aromatic ring is 1. The van der Waals surface area contributed by atoms with Crippen LogP contribution in [0.25, 0.3) is 11.3 Å². The first-order valence-electron chi connectivity index (χ1n) is 13.9. The van der Waals surface area contributed by atoms with Crippen LogP contribution in [0.2, 0.25) is 0 Å². The first kappa shape index (κ1) is 29.1. The van der Waals surface area contributed by atoms with E-state index in [1.54, 1.807) is 67.8 Å². The zero-order valence-electron chi connectivity index (χ0n) is 23.5. The van der Waals surface area contributed by atoms with Crippen LogP contribution in [0.4, 0.5) is 15.8 Å². The van der Waals surface area contributed by atoms with Crippen LogP contribution in [0.5, 0.6) is 11.5 Å². The van der Waals surface area contributed by atoms with Gasteiger partial charge in [-0.15, -0.1) is 0 Å². The molecule has 0 bridgehead atoms. The summed E-state index contributed by atoms with van der Waals surface area (Å²) in [4.78, 5) is 30.2. The number of methoxy groups -OCH3 is 1. The monoisotopic (exact) mass is 588 g/mol. The molecule has 10 heteroatoms. The Hall–Kier alpha value is -4.44. The SMILES string of the molecule is CCOc1ccc(N(C(=O)c2snc(-c3ccc(F)cc3)c2N)C(C(=O)NC2CCCC2)c2ccc(OC)cc2)cc1. The van der Waals surface area contributed by atoms with Gasteiger partial charge in [-0.2, -0.15) is 4.37 Å². The number of carbonyl (C=O) groups is 2.